The minimum atomic E-state index is 0. The Labute approximate surface area is 173 Å². The summed E-state index contributed by atoms with van der Waals surface area (Å²) in [7, 11) is 10.9. The molecule has 0 unspecified atom stereocenters. The molecule has 0 aromatic rings. The lowest BCUT2D eigenvalue weighted by molar-refractivity contribution is -0.870. The van der Waals surface area contributed by atoms with Gasteiger partial charge in [0.2, 0.25) is 0 Å². The van der Waals surface area contributed by atoms with E-state index in [1.807, 2.05) is 19.4 Å². The summed E-state index contributed by atoms with van der Waals surface area (Å²) in [4.78, 5) is 0. The van der Waals surface area contributed by atoms with Gasteiger partial charge in [0, 0.05) is 0 Å². The van der Waals surface area contributed by atoms with Gasteiger partial charge < -0.3 is 34.6 Å². The lowest BCUT2D eigenvalue weighted by Gasteiger charge is -2.23. The molecule has 158 valence electrons. The highest BCUT2D eigenvalue weighted by atomic mass is 35.5. The second-order valence-electron chi connectivity index (χ2n) is 8.19. The lowest BCUT2D eigenvalue weighted by atomic mass is 10.0. The van der Waals surface area contributed by atoms with Gasteiger partial charge in [0.15, 0.2) is 0 Å². The second-order valence-corrected chi connectivity index (χ2v) is 8.19. The highest BCUT2D eigenvalue weighted by Crippen LogP contribution is 2.13. The van der Waals surface area contributed by atoms with E-state index in [1.54, 1.807) is 0 Å². The number of hydrogen-bond donors (Lipinski definition) is 1. The fourth-order valence-corrected chi connectivity index (χ4v) is 2.78. The maximum Gasteiger partial charge on any atom is 0.0780 e. The van der Waals surface area contributed by atoms with E-state index in [4.69, 9.17) is 0 Å². The summed E-state index contributed by atoms with van der Waals surface area (Å²) < 4.78 is 1.12. The van der Waals surface area contributed by atoms with E-state index in [2.05, 4.69) is 28.1 Å². The molecule has 0 saturated heterocycles. The molecule has 0 rings (SSSR count). The Kier molecular flexibility index (Phi) is 35.4. The number of nitrogens with two attached hydrogens (primary N) is 1. The van der Waals surface area contributed by atoms with Crippen molar-refractivity contribution in [2.45, 2.75) is 96.8 Å². The topological polar surface area (TPSA) is 16.6 Å². The van der Waals surface area contributed by atoms with Crippen LogP contribution in [0.1, 0.15) is 96.8 Å². The molecule has 0 heterocycles. The zero-order valence-corrected chi connectivity index (χ0v) is 19.9. The molecule has 0 radical (unpaired) electrons. The van der Waals surface area contributed by atoms with Gasteiger partial charge in [-0.05, 0) is 12.8 Å². The molecule has 2 N–H and O–H groups in total. The highest BCUT2D eigenvalue weighted by molar-refractivity contribution is 4.49. The van der Waals surface area contributed by atoms with Crippen LogP contribution in [0.25, 0.3) is 0 Å². The van der Waals surface area contributed by atoms with E-state index < -0.39 is 0 Å². The summed E-state index contributed by atoms with van der Waals surface area (Å²) >= 11 is 0. The van der Waals surface area contributed by atoms with Gasteiger partial charge in [-0.25, -0.2) is 0 Å². The average Bonchev–Trinajstić information content (AvgIpc) is 2.47. The van der Waals surface area contributed by atoms with Crippen molar-refractivity contribution in [3.05, 3.63) is 0 Å². The molecule has 0 aliphatic carbocycles. The smallest absolute Gasteiger partial charge is 0.0780 e. The molecule has 0 aromatic carbocycles. The molecule has 0 spiro atoms. The van der Waals surface area contributed by atoms with E-state index in [9.17, 15) is 0 Å². The van der Waals surface area contributed by atoms with Crippen LogP contribution in [0.3, 0.4) is 0 Å². The number of unbranched alkanes of at least 4 members (excludes halogenated alkanes) is 13. The van der Waals surface area contributed by atoms with Gasteiger partial charge in [0.05, 0.1) is 41.8 Å². The Morgan fingerprint density at radius 1 is 0.520 bits per heavy atom. The van der Waals surface area contributed by atoms with E-state index in [0.717, 1.165) is 4.48 Å². The first-order valence-electron chi connectivity index (χ1n) is 10.5. The Balaban J connectivity index is -0.000000409. The summed E-state index contributed by atoms with van der Waals surface area (Å²) in [6, 6.07) is 0. The van der Waals surface area contributed by atoms with E-state index in [-0.39, 0.29) is 24.8 Å². The standard InChI is InChI=1S/C19H42N.C2H7N.2ClH/c1-5-6-7-8-9-10-11-12-13-14-15-16-17-18-19-20(2,3)4;1-3-2;;/h5-19H2,1-4H3;3H,1-2H3;2*1H/q+1;;;/p-1. The highest BCUT2D eigenvalue weighted by Gasteiger charge is 2.04. The number of rotatable bonds is 15. The summed E-state index contributed by atoms with van der Waals surface area (Å²) in [6.45, 7) is 3.63. The van der Waals surface area contributed by atoms with Crippen LogP contribution in [0.5, 0.6) is 0 Å². The second kappa shape index (κ2) is 26.7. The molecule has 0 fully saturated rings. The van der Waals surface area contributed by atoms with Crippen LogP contribution >= 0.6 is 0 Å². The number of halogens is 2. The van der Waals surface area contributed by atoms with Crippen LogP contribution < -0.4 is 30.1 Å². The molecule has 0 aliphatic heterocycles. The molecule has 2 nitrogen and oxygen atoms in total. The van der Waals surface area contributed by atoms with Crippen molar-refractivity contribution >= 4 is 0 Å². The Morgan fingerprint density at radius 3 is 1.00 bits per heavy atom. The Hall–Kier alpha value is 0.500. The third-order valence-electron chi connectivity index (χ3n) is 4.18. The molecule has 0 saturated carbocycles. The van der Waals surface area contributed by atoms with Gasteiger partial charge >= 0.3 is 0 Å². The van der Waals surface area contributed by atoms with Crippen LogP contribution in [-0.2, 0) is 0 Å². The maximum atomic E-state index is 2.29. The predicted molar refractivity (Wildman–Crippen MR) is 107 cm³/mol. The monoisotopic (exact) mass is 400 g/mol. The molecule has 0 aromatic heterocycles. The summed E-state index contributed by atoms with van der Waals surface area (Å²) in [5, 5.41) is 2.00. The molecule has 4 heteroatoms. The van der Waals surface area contributed by atoms with Crippen LogP contribution in [0, 0.1) is 0 Å². The quantitative estimate of drug-likeness (QED) is 0.268. The van der Waals surface area contributed by atoms with Crippen molar-refractivity contribution in [1.29, 1.82) is 0 Å². The maximum absolute atomic E-state index is 2.29. The molecule has 0 atom stereocenters. The minimum absolute atomic E-state index is 0. The van der Waals surface area contributed by atoms with Gasteiger partial charge in [-0.1, -0.05) is 84.0 Å². The van der Waals surface area contributed by atoms with Crippen molar-refractivity contribution in [2.24, 2.45) is 0 Å². The fourth-order valence-electron chi connectivity index (χ4n) is 2.78. The van der Waals surface area contributed by atoms with Crippen molar-refractivity contribution < 1.29 is 34.6 Å². The number of nitrogens with zero attached hydrogens (tertiary/aromatic N) is 1. The SMILES string of the molecule is CCCCCCCCCCCCCCCC[N+](C)(C)C.C[NH2+]C.[Cl-].[Cl-]. The zero-order chi connectivity index (χ0) is 17.8. The molecule has 0 bridgehead atoms. The van der Waals surface area contributed by atoms with Crippen LogP contribution in [0.4, 0.5) is 0 Å². The summed E-state index contributed by atoms with van der Waals surface area (Å²) in [5.41, 5.74) is 0. The molecule has 25 heavy (non-hydrogen) atoms. The first-order valence-corrected chi connectivity index (χ1v) is 10.5. The summed E-state index contributed by atoms with van der Waals surface area (Å²) in [5.74, 6) is 0. The van der Waals surface area contributed by atoms with Crippen molar-refractivity contribution in [3.63, 3.8) is 0 Å². The largest absolute Gasteiger partial charge is 1.00 e. The predicted octanol–water partition coefficient (Wildman–Crippen LogP) is -1.01. The first kappa shape index (κ1) is 33.1. The Bertz CT molecular complexity index is 207. The van der Waals surface area contributed by atoms with E-state index in [1.165, 1.54) is 96.4 Å². The van der Waals surface area contributed by atoms with Crippen molar-refractivity contribution in [1.82, 2.24) is 0 Å². The van der Waals surface area contributed by atoms with Crippen LogP contribution in [-0.4, -0.2) is 46.3 Å². The van der Waals surface area contributed by atoms with E-state index in [0.29, 0.717) is 0 Å². The van der Waals surface area contributed by atoms with Gasteiger partial charge in [0.25, 0.3) is 0 Å². The molecule has 0 aliphatic rings. The van der Waals surface area contributed by atoms with Gasteiger partial charge in [0.1, 0.15) is 0 Å². The molecule has 0 amide bonds. The fraction of sp³-hybridized carbons (Fsp3) is 1.00. The van der Waals surface area contributed by atoms with Gasteiger partial charge in [-0.15, -0.1) is 0 Å². The van der Waals surface area contributed by atoms with Crippen LogP contribution in [0.2, 0.25) is 0 Å². The molecular weight excluding hydrogens is 351 g/mol. The third kappa shape index (κ3) is 40.5. The molecular formula is C21H50Cl2N2. The van der Waals surface area contributed by atoms with E-state index >= 15 is 0 Å². The van der Waals surface area contributed by atoms with Crippen LogP contribution in [0.15, 0.2) is 0 Å². The minimum Gasteiger partial charge on any atom is -1.00 e. The lowest BCUT2D eigenvalue weighted by Crippen LogP contribution is -3.00. The third-order valence-corrected chi connectivity index (χ3v) is 4.18. The summed E-state index contributed by atoms with van der Waals surface area (Å²) in [6.07, 6.45) is 20.4. The van der Waals surface area contributed by atoms with Gasteiger partial charge in [-0.3, -0.25) is 0 Å². The number of hydrogen-bond acceptors (Lipinski definition) is 0. The zero-order valence-electron chi connectivity index (χ0n) is 18.4. The van der Waals surface area contributed by atoms with Crippen molar-refractivity contribution in [3.8, 4) is 0 Å². The number of quaternary nitrogens is 2. The average molecular weight is 402 g/mol. The normalized spacial score (nSPS) is 10.3. The first-order chi connectivity index (χ1) is 11.0. The van der Waals surface area contributed by atoms with Crippen molar-refractivity contribution in [2.75, 3.05) is 41.8 Å². The Morgan fingerprint density at radius 2 is 0.760 bits per heavy atom. The van der Waals surface area contributed by atoms with Gasteiger partial charge in [-0.2, -0.15) is 0 Å².